The van der Waals surface area contributed by atoms with E-state index in [1.165, 1.54) is 5.56 Å². The van der Waals surface area contributed by atoms with Crippen molar-refractivity contribution in [1.82, 2.24) is 5.32 Å². The van der Waals surface area contributed by atoms with Crippen LogP contribution in [-0.4, -0.2) is 23.9 Å². The van der Waals surface area contributed by atoms with Crippen LogP contribution in [0, 0.1) is 0 Å². The zero-order valence-electron chi connectivity index (χ0n) is 15.5. The average molecular weight is 365 g/mol. The highest BCUT2D eigenvalue weighted by atomic mass is 16.2. The molecule has 27 heavy (non-hydrogen) atoms. The second-order valence-corrected chi connectivity index (χ2v) is 7.24. The van der Waals surface area contributed by atoms with Gasteiger partial charge in [-0.15, -0.1) is 0 Å². The van der Waals surface area contributed by atoms with Crippen molar-refractivity contribution in [2.75, 3.05) is 11.9 Å². The summed E-state index contributed by atoms with van der Waals surface area (Å²) in [6, 6.07) is 17.0. The molecule has 0 unspecified atom stereocenters. The van der Waals surface area contributed by atoms with Gasteiger partial charge in [0.15, 0.2) is 0 Å². The zero-order chi connectivity index (χ0) is 19.1. The third-order valence-electron chi connectivity index (χ3n) is 5.15. The number of nitrogens with two attached hydrogens (primary N) is 1. The van der Waals surface area contributed by atoms with E-state index >= 15 is 0 Å². The Bertz CT molecular complexity index is 766. The van der Waals surface area contributed by atoms with E-state index in [1.54, 1.807) is 24.3 Å². The van der Waals surface area contributed by atoms with Crippen molar-refractivity contribution in [2.45, 2.75) is 44.1 Å². The number of hydrogen-bond acceptors (Lipinski definition) is 3. The van der Waals surface area contributed by atoms with E-state index in [1.807, 2.05) is 30.3 Å². The van der Waals surface area contributed by atoms with Crippen LogP contribution in [0.1, 0.15) is 48.0 Å². The Kier molecular flexibility index (Phi) is 6.24. The third-order valence-corrected chi connectivity index (χ3v) is 5.15. The SMILES string of the molecule is NC1(C(=O)Nc2ccc(C(=O)NCCc3ccccc3)cc2)CCCCC1. The van der Waals surface area contributed by atoms with Crippen LogP contribution in [0.5, 0.6) is 0 Å². The lowest BCUT2D eigenvalue weighted by atomic mass is 9.82. The van der Waals surface area contributed by atoms with E-state index in [9.17, 15) is 9.59 Å². The molecule has 142 valence electrons. The molecule has 5 heteroatoms. The smallest absolute Gasteiger partial charge is 0.251 e. The van der Waals surface area contributed by atoms with E-state index in [4.69, 9.17) is 5.73 Å². The number of rotatable bonds is 6. The maximum absolute atomic E-state index is 12.5. The van der Waals surface area contributed by atoms with Gasteiger partial charge in [-0.05, 0) is 49.1 Å². The monoisotopic (exact) mass is 365 g/mol. The third kappa shape index (κ3) is 5.17. The Balaban J connectivity index is 1.50. The summed E-state index contributed by atoms with van der Waals surface area (Å²) in [5.41, 5.74) is 7.91. The van der Waals surface area contributed by atoms with E-state index in [2.05, 4.69) is 10.6 Å². The molecule has 2 amide bonds. The number of benzene rings is 2. The second kappa shape index (κ2) is 8.82. The Morgan fingerprint density at radius 1 is 0.926 bits per heavy atom. The minimum Gasteiger partial charge on any atom is -0.352 e. The molecule has 0 heterocycles. The van der Waals surface area contributed by atoms with Gasteiger partial charge in [-0.3, -0.25) is 9.59 Å². The van der Waals surface area contributed by atoms with E-state index < -0.39 is 5.54 Å². The molecule has 0 spiro atoms. The van der Waals surface area contributed by atoms with E-state index in [-0.39, 0.29) is 11.8 Å². The van der Waals surface area contributed by atoms with Gasteiger partial charge in [0.1, 0.15) is 0 Å². The minimum absolute atomic E-state index is 0.119. The zero-order valence-corrected chi connectivity index (χ0v) is 15.5. The van der Waals surface area contributed by atoms with Crippen molar-refractivity contribution in [1.29, 1.82) is 0 Å². The Labute approximate surface area is 160 Å². The highest BCUT2D eigenvalue weighted by molar-refractivity contribution is 5.99. The van der Waals surface area contributed by atoms with Gasteiger partial charge in [0.2, 0.25) is 5.91 Å². The normalized spacial score (nSPS) is 15.7. The van der Waals surface area contributed by atoms with Gasteiger partial charge in [0.05, 0.1) is 5.54 Å². The molecule has 5 nitrogen and oxygen atoms in total. The summed E-state index contributed by atoms with van der Waals surface area (Å²) in [7, 11) is 0. The van der Waals surface area contributed by atoms with Gasteiger partial charge in [0, 0.05) is 17.8 Å². The van der Waals surface area contributed by atoms with Crippen molar-refractivity contribution in [3.05, 3.63) is 65.7 Å². The number of carbonyl (C=O) groups excluding carboxylic acids is 2. The fourth-order valence-corrected chi connectivity index (χ4v) is 3.44. The lowest BCUT2D eigenvalue weighted by Gasteiger charge is -2.31. The standard InChI is InChI=1S/C22H27N3O2/c23-22(14-5-2-6-15-22)21(27)25-19-11-9-18(10-12-19)20(26)24-16-13-17-7-3-1-4-8-17/h1,3-4,7-12H,2,5-6,13-16,23H2,(H,24,26)(H,25,27). The van der Waals surface area contributed by atoms with Gasteiger partial charge in [0.25, 0.3) is 5.91 Å². The lowest BCUT2D eigenvalue weighted by molar-refractivity contribution is -0.122. The molecule has 0 radical (unpaired) electrons. The molecule has 1 aliphatic rings. The molecule has 0 aromatic heterocycles. The van der Waals surface area contributed by atoms with Crippen LogP contribution in [0.4, 0.5) is 5.69 Å². The maximum Gasteiger partial charge on any atom is 0.251 e. The number of anilines is 1. The summed E-state index contributed by atoms with van der Waals surface area (Å²) in [6.45, 7) is 0.580. The van der Waals surface area contributed by atoms with Crippen molar-refractivity contribution in [3.63, 3.8) is 0 Å². The lowest BCUT2D eigenvalue weighted by Crippen LogP contribution is -2.52. The van der Waals surface area contributed by atoms with Crippen LogP contribution >= 0.6 is 0 Å². The molecular formula is C22H27N3O2. The maximum atomic E-state index is 12.5. The first-order valence-corrected chi connectivity index (χ1v) is 9.59. The van der Waals surface area contributed by atoms with E-state index in [0.29, 0.717) is 17.8 Å². The molecule has 1 aliphatic carbocycles. The first kappa shape index (κ1) is 19.1. The van der Waals surface area contributed by atoms with Gasteiger partial charge in [-0.1, -0.05) is 49.6 Å². The molecule has 2 aromatic carbocycles. The van der Waals surface area contributed by atoms with Crippen LogP contribution in [0.15, 0.2) is 54.6 Å². The Morgan fingerprint density at radius 3 is 2.26 bits per heavy atom. The molecule has 1 saturated carbocycles. The van der Waals surface area contributed by atoms with Crippen LogP contribution in [0.25, 0.3) is 0 Å². The fraction of sp³-hybridized carbons (Fsp3) is 0.364. The van der Waals surface area contributed by atoms with Crippen LogP contribution in [-0.2, 0) is 11.2 Å². The molecular weight excluding hydrogens is 338 g/mol. The average Bonchev–Trinajstić information content (AvgIpc) is 2.70. The minimum atomic E-state index is -0.772. The number of carbonyl (C=O) groups is 2. The molecule has 4 N–H and O–H groups in total. The Hall–Kier alpha value is -2.66. The highest BCUT2D eigenvalue weighted by Gasteiger charge is 2.35. The largest absolute Gasteiger partial charge is 0.352 e. The first-order chi connectivity index (χ1) is 13.1. The van der Waals surface area contributed by atoms with Gasteiger partial charge < -0.3 is 16.4 Å². The topological polar surface area (TPSA) is 84.2 Å². The van der Waals surface area contributed by atoms with Crippen LogP contribution < -0.4 is 16.4 Å². The molecule has 0 atom stereocenters. The fourth-order valence-electron chi connectivity index (χ4n) is 3.44. The Morgan fingerprint density at radius 2 is 1.59 bits per heavy atom. The van der Waals surface area contributed by atoms with E-state index in [0.717, 1.165) is 38.5 Å². The number of hydrogen-bond donors (Lipinski definition) is 3. The number of amides is 2. The quantitative estimate of drug-likeness (QED) is 0.735. The van der Waals surface area contributed by atoms with Gasteiger partial charge in [-0.25, -0.2) is 0 Å². The summed E-state index contributed by atoms with van der Waals surface area (Å²) in [5, 5.41) is 5.81. The summed E-state index contributed by atoms with van der Waals surface area (Å²) < 4.78 is 0. The summed E-state index contributed by atoms with van der Waals surface area (Å²) in [5.74, 6) is -0.256. The summed E-state index contributed by atoms with van der Waals surface area (Å²) in [6.07, 6.45) is 5.36. The molecule has 0 aliphatic heterocycles. The molecule has 3 rings (SSSR count). The second-order valence-electron chi connectivity index (χ2n) is 7.24. The van der Waals surface area contributed by atoms with Crippen molar-refractivity contribution in [3.8, 4) is 0 Å². The summed E-state index contributed by atoms with van der Waals surface area (Å²) in [4.78, 5) is 24.7. The predicted molar refractivity (Wildman–Crippen MR) is 108 cm³/mol. The van der Waals surface area contributed by atoms with Crippen molar-refractivity contribution in [2.24, 2.45) is 5.73 Å². The van der Waals surface area contributed by atoms with Crippen molar-refractivity contribution >= 4 is 17.5 Å². The predicted octanol–water partition coefficient (Wildman–Crippen LogP) is 3.26. The molecule has 0 saturated heterocycles. The summed E-state index contributed by atoms with van der Waals surface area (Å²) >= 11 is 0. The highest BCUT2D eigenvalue weighted by Crippen LogP contribution is 2.27. The number of nitrogens with one attached hydrogen (secondary N) is 2. The molecule has 1 fully saturated rings. The van der Waals surface area contributed by atoms with Crippen LogP contribution in [0.3, 0.4) is 0 Å². The van der Waals surface area contributed by atoms with Gasteiger partial charge in [-0.2, -0.15) is 0 Å². The van der Waals surface area contributed by atoms with Crippen LogP contribution in [0.2, 0.25) is 0 Å². The molecule has 0 bridgehead atoms. The first-order valence-electron chi connectivity index (χ1n) is 9.59. The molecule has 2 aromatic rings. The van der Waals surface area contributed by atoms with Crippen molar-refractivity contribution < 1.29 is 9.59 Å². The van der Waals surface area contributed by atoms with Gasteiger partial charge >= 0.3 is 0 Å².